The van der Waals surface area contributed by atoms with Gasteiger partial charge in [0.2, 0.25) is 0 Å². The standard InChI is InChI=1S/2C34H22BrN3.C33H21BrN4/c35-27-15-18-29-33(22-27)38(32-12-7-19-36-34(29)32)28-16-13-23(14-17-28)26-20-30(24-8-3-1-4-9-24)37-31(21-26)25-10-5-2-6-11-25;35-27-15-18-29-33(22-27)38(32-12-7-19-36-34(29)32)28-16-13-25(14-17-28)31-21-26(23-8-3-1-4-9-23)20-30(37-31)24-10-5-2-6-11-24;34-26-11-14-28-32(21-26)38(31-8-5-17-37-33(28)31)27-12-9-22(10-13-27)23-18-24(29-6-1-3-15-35-29)20-25(19-23)30-7-2-4-16-36-30/h2*1-22H;1-21H. The highest BCUT2D eigenvalue weighted by molar-refractivity contribution is 9.11. The van der Waals surface area contributed by atoms with Gasteiger partial charge < -0.3 is 13.7 Å². The van der Waals surface area contributed by atoms with Gasteiger partial charge in [0.1, 0.15) is 0 Å². The summed E-state index contributed by atoms with van der Waals surface area (Å²) in [4.78, 5) is 33.3. The largest absolute Gasteiger partial charge is 0.308 e. The van der Waals surface area contributed by atoms with Crippen LogP contribution in [-0.2, 0) is 0 Å². The number of nitrogens with zero attached hydrogens (tertiary/aromatic N) is 10. The fourth-order valence-electron chi connectivity index (χ4n) is 15.2. The highest BCUT2D eigenvalue weighted by Gasteiger charge is 2.20. The van der Waals surface area contributed by atoms with Crippen molar-refractivity contribution >= 4 is 114 Å². The molecule has 0 atom stereocenters. The van der Waals surface area contributed by atoms with Crippen molar-refractivity contribution in [1.29, 1.82) is 0 Å². The van der Waals surface area contributed by atoms with Crippen molar-refractivity contribution in [3.05, 3.63) is 408 Å². The lowest BCUT2D eigenvalue weighted by Crippen LogP contribution is -1.95. The maximum atomic E-state index is 5.08. The van der Waals surface area contributed by atoms with Crippen molar-refractivity contribution in [3.63, 3.8) is 0 Å². The molecule has 21 aromatic rings. The monoisotopic (exact) mass is 1650 g/mol. The van der Waals surface area contributed by atoms with Gasteiger partial charge in [-0.25, -0.2) is 9.97 Å². The molecular formula is C101H65Br3N10. The van der Waals surface area contributed by atoms with E-state index in [1.807, 2.05) is 110 Å². The van der Waals surface area contributed by atoms with Crippen LogP contribution < -0.4 is 0 Å². The van der Waals surface area contributed by atoms with Crippen LogP contribution in [0.4, 0.5) is 0 Å². The minimum Gasteiger partial charge on any atom is -0.308 e. The van der Waals surface area contributed by atoms with Crippen molar-refractivity contribution in [2.75, 3.05) is 0 Å². The fraction of sp³-hybridized carbons (Fsp3) is 0. The van der Waals surface area contributed by atoms with Crippen molar-refractivity contribution in [2.24, 2.45) is 0 Å². The molecule has 0 amide bonds. The summed E-state index contributed by atoms with van der Waals surface area (Å²) < 4.78 is 9.96. The lowest BCUT2D eigenvalue weighted by molar-refractivity contribution is 1.17. The Bertz CT molecular complexity index is 6230. The third-order valence-corrected chi connectivity index (χ3v) is 22.1. The van der Waals surface area contributed by atoms with Crippen molar-refractivity contribution in [3.8, 4) is 118 Å². The van der Waals surface area contributed by atoms with Crippen LogP contribution in [0.5, 0.6) is 0 Å². The summed E-state index contributed by atoms with van der Waals surface area (Å²) in [7, 11) is 0. The normalized spacial score (nSPS) is 11.3. The molecule has 0 N–H and O–H groups in total. The molecule has 13 heteroatoms. The average Bonchev–Trinajstić information content (AvgIpc) is 1.60. The van der Waals surface area contributed by atoms with E-state index in [2.05, 4.69) is 372 Å². The highest BCUT2D eigenvalue weighted by atomic mass is 79.9. The SMILES string of the molecule is Brc1ccc2c3ncccc3n(-c3ccc(-c4cc(-c5ccccc5)cc(-c5ccccc5)n4)cc3)c2c1.Brc1ccc2c3ncccc3n(-c3ccc(-c4cc(-c5ccccc5)nc(-c5ccccc5)c4)cc3)c2c1.Brc1ccc2c3ncccc3n(-c3ccc(-c4cc(-c5ccccn5)cc(-c5ccccn5)c4)cc3)c2c1. The smallest absolute Gasteiger partial charge is 0.0963 e. The Balaban J connectivity index is 0.000000115. The lowest BCUT2D eigenvalue weighted by Gasteiger charge is -2.12. The molecule has 0 aliphatic carbocycles. The molecule has 0 unspecified atom stereocenters. The quantitative estimate of drug-likeness (QED) is 0.120. The molecule has 114 heavy (non-hydrogen) atoms. The maximum Gasteiger partial charge on any atom is 0.0963 e. The summed E-state index contributed by atoms with van der Waals surface area (Å²) in [5.41, 5.74) is 32.0. The van der Waals surface area contributed by atoms with E-state index in [0.717, 1.165) is 192 Å². The van der Waals surface area contributed by atoms with E-state index in [0.29, 0.717) is 0 Å². The summed E-state index contributed by atoms with van der Waals surface area (Å²) in [6.07, 6.45) is 9.22. The summed E-state index contributed by atoms with van der Waals surface area (Å²) in [6, 6.07) is 126. The second-order valence-electron chi connectivity index (χ2n) is 27.7. The van der Waals surface area contributed by atoms with Crippen LogP contribution in [0.3, 0.4) is 0 Å². The fourth-order valence-corrected chi connectivity index (χ4v) is 16.3. The van der Waals surface area contributed by atoms with Crippen molar-refractivity contribution in [1.82, 2.24) is 48.6 Å². The van der Waals surface area contributed by atoms with Gasteiger partial charge in [-0.15, -0.1) is 0 Å². The van der Waals surface area contributed by atoms with Gasteiger partial charge in [0.15, 0.2) is 0 Å². The molecule has 0 bridgehead atoms. The maximum absolute atomic E-state index is 5.08. The molecule has 0 aliphatic rings. The van der Waals surface area contributed by atoms with E-state index in [4.69, 9.17) is 9.97 Å². The molecule has 10 aromatic heterocycles. The van der Waals surface area contributed by atoms with Crippen LogP contribution in [0.25, 0.3) is 184 Å². The van der Waals surface area contributed by atoms with Crippen molar-refractivity contribution in [2.45, 2.75) is 0 Å². The summed E-state index contributed by atoms with van der Waals surface area (Å²) in [5.74, 6) is 0. The number of hydrogen-bond donors (Lipinski definition) is 0. The number of halogens is 3. The molecule has 10 heterocycles. The molecule has 0 spiro atoms. The number of fused-ring (bicyclic) bond motifs is 9. The average molecular weight is 1660 g/mol. The van der Waals surface area contributed by atoms with E-state index < -0.39 is 0 Å². The first-order valence-corrected chi connectivity index (χ1v) is 39.8. The molecular weight excluding hydrogens is 1590 g/mol. The van der Waals surface area contributed by atoms with Crippen LogP contribution in [0, 0.1) is 0 Å². The molecule has 0 aliphatic heterocycles. The first-order valence-electron chi connectivity index (χ1n) is 37.4. The van der Waals surface area contributed by atoms with Crippen LogP contribution in [0.1, 0.15) is 0 Å². The third-order valence-electron chi connectivity index (χ3n) is 20.6. The van der Waals surface area contributed by atoms with E-state index in [1.54, 1.807) is 0 Å². The Hall–Kier alpha value is -13.7. The Labute approximate surface area is 683 Å². The van der Waals surface area contributed by atoms with Gasteiger partial charge in [0, 0.05) is 111 Å². The second-order valence-corrected chi connectivity index (χ2v) is 30.4. The number of aromatic nitrogens is 10. The van der Waals surface area contributed by atoms with E-state index in [-0.39, 0.29) is 0 Å². The second kappa shape index (κ2) is 31.2. The lowest BCUT2D eigenvalue weighted by atomic mass is 9.96. The molecule has 21 rings (SSSR count). The summed E-state index contributed by atoms with van der Waals surface area (Å²) in [5, 5.41) is 3.41. The van der Waals surface area contributed by atoms with Crippen LogP contribution in [-0.4, -0.2) is 48.6 Å². The van der Waals surface area contributed by atoms with Gasteiger partial charge in [-0.05, 0) is 228 Å². The van der Waals surface area contributed by atoms with Crippen LogP contribution >= 0.6 is 47.8 Å². The Morgan fingerprint density at radius 2 is 0.447 bits per heavy atom. The van der Waals surface area contributed by atoms with E-state index in [9.17, 15) is 0 Å². The van der Waals surface area contributed by atoms with Crippen LogP contribution in [0.2, 0.25) is 0 Å². The molecule has 540 valence electrons. The molecule has 0 saturated heterocycles. The minimum atomic E-state index is 0.937. The highest BCUT2D eigenvalue weighted by Crippen LogP contribution is 2.40. The minimum absolute atomic E-state index is 0.937. The zero-order chi connectivity index (χ0) is 76.4. The number of hydrogen-bond acceptors (Lipinski definition) is 7. The van der Waals surface area contributed by atoms with Gasteiger partial charge in [-0.3, -0.25) is 24.9 Å². The first kappa shape index (κ1) is 70.7. The number of pyridine rings is 7. The molecule has 10 nitrogen and oxygen atoms in total. The first-order chi connectivity index (χ1) is 56.2. The Morgan fingerprint density at radius 3 is 0.772 bits per heavy atom. The molecule has 0 fully saturated rings. The van der Waals surface area contributed by atoms with Gasteiger partial charge >= 0.3 is 0 Å². The van der Waals surface area contributed by atoms with Gasteiger partial charge in [0.05, 0.1) is 83.8 Å². The van der Waals surface area contributed by atoms with Crippen molar-refractivity contribution < 1.29 is 0 Å². The van der Waals surface area contributed by atoms with Gasteiger partial charge in [0.25, 0.3) is 0 Å². The number of benzene rings is 11. The zero-order valence-corrected chi connectivity index (χ0v) is 65.9. The van der Waals surface area contributed by atoms with E-state index >= 15 is 0 Å². The Kier molecular flexibility index (Phi) is 19.4. The number of rotatable bonds is 12. The van der Waals surface area contributed by atoms with E-state index in [1.165, 1.54) is 5.56 Å². The predicted molar refractivity (Wildman–Crippen MR) is 479 cm³/mol. The van der Waals surface area contributed by atoms with Crippen LogP contribution in [0.15, 0.2) is 408 Å². The topological polar surface area (TPSA) is 105 Å². The zero-order valence-electron chi connectivity index (χ0n) is 61.1. The summed E-state index contributed by atoms with van der Waals surface area (Å²) in [6.45, 7) is 0. The molecule has 11 aromatic carbocycles. The third kappa shape index (κ3) is 14.2. The Morgan fingerprint density at radius 1 is 0.175 bits per heavy atom. The molecule has 0 saturated carbocycles. The van der Waals surface area contributed by atoms with Gasteiger partial charge in [-0.2, -0.15) is 0 Å². The predicted octanol–water partition coefficient (Wildman–Crippen LogP) is 27.4. The summed E-state index contributed by atoms with van der Waals surface area (Å²) >= 11 is 10.9. The molecule has 0 radical (unpaired) electrons. The van der Waals surface area contributed by atoms with Gasteiger partial charge in [-0.1, -0.05) is 218 Å².